The van der Waals surface area contributed by atoms with Crippen molar-refractivity contribution in [2.45, 2.75) is 23.0 Å². The normalized spacial score (nSPS) is 45.3. The lowest BCUT2D eigenvalue weighted by atomic mass is 9.95. The first kappa shape index (κ1) is 9.52. The summed E-state index contributed by atoms with van der Waals surface area (Å²) in [6, 6.07) is 0. The van der Waals surface area contributed by atoms with E-state index in [-0.39, 0.29) is 10.8 Å². The summed E-state index contributed by atoms with van der Waals surface area (Å²) < 4.78 is 4.40. The van der Waals surface area contributed by atoms with Crippen molar-refractivity contribution in [3.8, 4) is 0 Å². The Bertz CT molecular complexity index is 179. The molecule has 4 heteroatoms. The van der Waals surface area contributed by atoms with E-state index < -0.39 is 4.32 Å². The second kappa shape index (κ2) is 3.05. The highest BCUT2D eigenvalue weighted by molar-refractivity contribution is 9.12. The van der Waals surface area contributed by atoms with Crippen LogP contribution in [0.5, 0.6) is 0 Å². The second-order valence-corrected chi connectivity index (χ2v) is 5.69. The fourth-order valence-electron chi connectivity index (χ4n) is 1.08. The summed E-state index contributed by atoms with van der Waals surface area (Å²) >= 11 is 6.81. The first-order valence-corrected chi connectivity index (χ1v) is 5.17. The zero-order valence-electron chi connectivity index (χ0n) is 6.43. The van der Waals surface area contributed by atoms with Crippen molar-refractivity contribution in [2.75, 3.05) is 6.61 Å². The van der Waals surface area contributed by atoms with E-state index in [0.717, 1.165) is 0 Å². The highest BCUT2D eigenvalue weighted by Crippen LogP contribution is 2.37. The Morgan fingerprint density at radius 2 is 2.27 bits per heavy atom. The average molecular weight is 286 g/mol. The molecule has 0 aromatic rings. The third kappa shape index (κ3) is 1.61. The third-order valence-corrected chi connectivity index (χ3v) is 5.14. The summed E-state index contributed by atoms with van der Waals surface area (Å²) in [6.07, 6.45) is 0. The largest absolute Gasteiger partial charge is 0.464 e. The molecule has 1 heterocycles. The third-order valence-electron chi connectivity index (χ3n) is 1.89. The van der Waals surface area contributed by atoms with Gasteiger partial charge in [-0.3, -0.25) is 4.79 Å². The molecule has 11 heavy (non-hydrogen) atoms. The van der Waals surface area contributed by atoms with E-state index in [9.17, 15) is 4.79 Å². The molecule has 3 atom stereocenters. The number of alkyl halides is 2. The van der Waals surface area contributed by atoms with Gasteiger partial charge in [0.25, 0.3) is 0 Å². The monoisotopic (exact) mass is 284 g/mol. The van der Waals surface area contributed by atoms with Crippen LogP contribution in [0, 0.1) is 5.92 Å². The highest BCUT2D eigenvalue weighted by atomic mass is 79.9. The molecule has 2 nitrogen and oxygen atoms in total. The number of esters is 1. The molecule has 1 rings (SSSR count). The fraction of sp³-hybridized carbons (Fsp3) is 0.857. The number of ether oxygens (including phenoxy) is 1. The first-order valence-electron chi connectivity index (χ1n) is 3.46. The van der Waals surface area contributed by atoms with Crippen molar-refractivity contribution in [1.29, 1.82) is 0 Å². The van der Waals surface area contributed by atoms with Crippen LogP contribution in [0.25, 0.3) is 0 Å². The molecule has 1 fully saturated rings. The van der Waals surface area contributed by atoms with E-state index in [4.69, 9.17) is 4.74 Å². The molecular weight excluding hydrogens is 276 g/mol. The van der Waals surface area contributed by atoms with Crippen molar-refractivity contribution in [2.24, 2.45) is 5.92 Å². The Morgan fingerprint density at radius 1 is 1.73 bits per heavy atom. The Hall–Kier alpha value is 0.430. The first-order chi connectivity index (χ1) is 4.96. The maximum atomic E-state index is 11.2. The number of halogens is 2. The molecule has 0 unspecified atom stereocenters. The molecule has 0 aromatic carbocycles. The van der Waals surface area contributed by atoms with Crippen LogP contribution >= 0.6 is 31.9 Å². The van der Waals surface area contributed by atoms with Crippen molar-refractivity contribution in [3.63, 3.8) is 0 Å². The van der Waals surface area contributed by atoms with Crippen molar-refractivity contribution in [3.05, 3.63) is 0 Å². The maximum absolute atomic E-state index is 11.2. The van der Waals surface area contributed by atoms with Crippen LogP contribution < -0.4 is 0 Å². The number of cyclic esters (lactones) is 1. The van der Waals surface area contributed by atoms with Crippen LogP contribution in [0.15, 0.2) is 0 Å². The molecule has 0 saturated carbocycles. The van der Waals surface area contributed by atoms with E-state index in [0.29, 0.717) is 12.5 Å². The minimum absolute atomic E-state index is 0.149. The topological polar surface area (TPSA) is 26.3 Å². The minimum Gasteiger partial charge on any atom is -0.464 e. The fourth-order valence-corrected chi connectivity index (χ4v) is 1.98. The predicted octanol–water partition coefficient (Wildman–Crippen LogP) is 2.10. The molecule has 1 saturated heterocycles. The summed E-state index contributed by atoms with van der Waals surface area (Å²) in [7, 11) is 0. The average Bonchev–Trinajstić information content (AvgIpc) is 1.95. The van der Waals surface area contributed by atoms with Crippen LogP contribution in [0.4, 0.5) is 0 Å². The molecule has 64 valence electrons. The molecule has 0 bridgehead atoms. The quantitative estimate of drug-likeness (QED) is 0.503. The smallest absolute Gasteiger partial charge is 0.323 e. The highest BCUT2D eigenvalue weighted by Gasteiger charge is 2.45. The van der Waals surface area contributed by atoms with Gasteiger partial charge in [0.1, 0.15) is 4.32 Å². The van der Waals surface area contributed by atoms with Gasteiger partial charge in [-0.2, -0.15) is 0 Å². The van der Waals surface area contributed by atoms with E-state index in [1.807, 2.05) is 13.8 Å². The number of hydrogen-bond acceptors (Lipinski definition) is 2. The molecule has 0 radical (unpaired) electrons. The van der Waals surface area contributed by atoms with Gasteiger partial charge in [0.2, 0.25) is 0 Å². The summed E-state index contributed by atoms with van der Waals surface area (Å²) in [5.74, 6) is 0.176. The van der Waals surface area contributed by atoms with E-state index in [2.05, 4.69) is 31.9 Å². The van der Waals surface area contributed by atoms with Crippen LogP contribution in [0.3, 0.4) is 0 Å². The van der Waals surface area contributed by atoms with E-state index >= 15 is 0 Å². The molecule has 0 spiro atoms. The standard InChI is InChI=1S/C7H10Br2O2/c1-4-3-11-6(10)7(2,9)5(4)8/h4-5H,3H2,1-2H3/t4-,5-,7+/m1/s1. The summed E-state index contributed by atoms with van der Waals surface area (Å²) in [5, 5.41) is 0. The maximum Gasteiger partial charge on any atom is 0.323 e. The van der Waals surface area contributed by atoms with Gasteiger partial charge in [0, 0.05) is 10.7 Å². The van der Waals surface area contributed by atoms with Gasteiger partial charge in [-0.25, -0.2) is 0 Å². The van der Waals surface area contributed by atoms with Gasteiger partial charge >= 0.3 is 5.97 Å². The second-order valence-electron chi connectivity index (χ2n) is 3.05. The molecule has 0 aromatic heterocycles. The number of hydrogen-bond donors (Lipinski definition) is 0. The van der Waals surface area contributed by atoms with E-state index in [1.54, 1.807) is 0 Å². The number of carbonyl (C=O) groups is 1. The summed E-state index contributed by atoms with van der Waals surface area (Å²) in [6.45, 7) is 4.38. The van der Waals surface area contributed by atoms with Gasteiger partial charge in [-0.15, -0.1) is 0 Å². The molecule has 1 aliphatic rings. The van der Waals surface area contributed by atoms with Gasteiger partial charge in [-0.1, -0.05) is 38.8 Å². The Labute approximate surface area is 82.9 Å². The lowest BCUT2D eigenvalue weighted by Crippen LogP contribution is -2.48. The molecule has 0 aliphatic carbocycles. The van der Waals surface area contributed by atoms with Crippen LogP contribution in [0.1, 0.15) is 13.8 Å². The van der Waals surface area contributed by atoms with Gasteiger partial charge in [0.05, 0.1) is 6.61 Å². The van der Waals surface area contributed by atoms with Crippen LogP contribution in [-0.4, -0.2) is 21.7 Å². The zero-order chi connectivity index (χ0) is 8.65. The minimum atomic E-state index is -0.565. The number of rotatable bonds is 0. The summed E-state index contributed by atoms with van der Waals surface area (Å²) in [5.41, 5.74) is 0. The van der Waals surface area contributed by atoms with Crippen molar-refractivity contribution in [1.82, 2.24) is 0 Å². The predicted molar refractivity (Wildman–Crippen MR) is 50.2 cm³/mol. The van der Waals surface area contributed by atoms with Gasteiger partial charge in [-0.05, 0) is 6.92 Å². The molecule has 1 aliphatic heterocycles. The Kier molecular flexibility index (Phi) is 2.64. The lowest BCUT2D eigenvalue weighted by molar-refractivity contribution is -0.151. The van der Waals surface area contributed by atoms with Gasteiger partial charge < -0.3 is 4.74 Å². The van der Waals surface area contributed by atoms with Crippen LogP contribution in [-0.2, 0) is 9.53 Å². The number of carbonyl (C=O) groups excluding carboxylic acids is 1. The molecular formula is C7H10Br2O2. The molecule has 0 N–H and O–H groups in total. The zero-order valence-corrected chi connectivity index (χ0v) is 9.61. The van der Waals surface area contributed by atoms with Crippen LogP contribution in [0.2, 0.25) is 0 Å². The lowest BCUT2D eigenvalue weighted by Gasteiger charge is -2.35. The van der Waals surface area contributed by atoms with E-state index in [1.165, 1.54) is 0 Å². The SMILES string of the molecule is C[C@@H]1COC(=O)[C@@](C)(Br)[C@@H]1Br. The Morgan fingerprint density at radius 3 is 2.73 bits per heavy atom. The summed E-state index contributed by atoms with van der Waals surface area (Å²) in [4.78, 5) is 11.3. The molecule has 0 amide bonds. The van der Waals surface area contributed by atoms with Crippen molar-refractivity contribution >= 4 is 37.8 Å². The van der Waals surface area contributed by atoms with Crippen molar-refractivity contribution < 1.29 is 9.53 Å². The Balaban J connectivity index is 2.80. The van der Waals surface area contributed by atoms with Gasteiger partial charge in [0.15, 0.2) is 0 Å².